The molecule has 1 atom stereocenters. The first kappa shape index (κ1) is 11.5. The summed E-state index contributed by atoms with van der Waals surface area (Å²) in [5.41, 5.74) is 3.93. The second-order valence-electron chi connectivity index (χ2n) is 4.90. The largest absolute Gasteiger partial charge is 0.316 e. The molecule has 94 valence electrons. The number of imidazole rings is 1. The van der Waals surface area contributed by atoms with E-state index in [9.17, 15) is 0 Å². The van der Waals surface area contributed by atoms with Crippen LogP contribution in [0, 0.1) is 0 Å². The van der Waals surface area contributed by atoms with E-state index in [2.05, 4.69) is 46.1 Å². The molecule has 3 rings (SSSR count). The lowest BCUT2D eigenvalue weighted by Gasteiger charge is -2.13. The molecule has 0 aliphatic carbocycles. The van der Waals surface area contributed by atoms with Gasteiger partial charge in [-0.05, 0) is 37.1 Å². The van der Waals surface area contributed by atoms with Crippen molar-refractivity contribution in [2.45, 2.75) is 25.7 Å². The second kappa shape index (κ2) is 4.94. The van der Waals surface area contributed by atoms with Crippen molar-refractivity contribution in [3.05, 3.63) is 48.0 Å². The van der Waals surface area contributed by atoms with Gasteiger partial charge in [0.1, 0.15) is 0 Å². The second-order valence-corrected chi connectivity index (χ2v) is 4.90. The molecule has 2 heterocycles. The Morgan fingerprint density at radius 3 is 3.17 bits per heavy atom. The van der Waals surface area contributed by atoms with Crippen LogP contribution in [0.5, 0.6) is 0 Å². The summed E-state index contributed by atoms with van der Waals surface area (Å²) in [5, 5.41) is 3.42. The zero-order chi connectivity index (χ0) is 12.4. The smallest absolute Gasteiger partial charge is 0.0994 e. The highest BCUT2D eigenvalue weighted by molar-refractivity contribution is 5.38. The fraction of sp³-hybridized carbons (Fsp3) is 0.400. The van der Waals surface area contributed by atoms with Crippen LogP contribution in [0.15, 0.2) is 36.8 Å². The Kier molecular flexibility index (Phi) is 3.15. The number of aryl methyl sites for hydroxylation is 1. The maximum Gasteiger partial charge on any atom is 0.0994 e. The predicted octanol–water partition coefficient (Wildman–Crippen LogP) is 2.51. The summed E-state index contributed by atoms with van der Waals surface area (Å²) < 4.78 is 2.23. The lowest BCUT2D eigenvalue weighted by Crippen LogP contribution is -2.10. The molecule has 0 amide bonds. The van der Waals surface area contributed by atoms with E-state index in [0.717, 1.165) is 19.5 Å². The van der Waals surface area contributed by atoms with Gasteiger partial charge in [-0.3, -0.25) is 0 Å². The molecule has 0 saturated carbocycles. The fourth-order valence-corrected chi connectivity index (χ4v) is 2.66. The molecule has 1 N–H and O–H groups in total. The molecule has 1 saturated heterocycles. The number of aromatic nitrogens is 2. The molecule has 3 heteroatoms. The van der Waals surface area contributed by atoms with E-state index in [0.29, 0.717) is 5.92 Å². The zero-order valence-corrected chi connectivity index (χ0v) is 10.8. The molecule has 1 fully saturated rings. The van der Waals surface area contributed by atoms with Crippen molar-refractivity contribution in [3.63, 3.8) is 0 Å². The van der Waals surface area contributed by atoms with Crippen molar-refractivity contribution >= 4 is 0 Å². The van der Waals surface area contributed by atoms with Crippen molar-refractivity contribution in [1.29, 1.82) is 0 Å². The Labute approximate surface area is 108 Å². The lowest BCUT2D eigenvalue weighted by atomic mass is 10.1. The maximum absolute atomic E-state index is 4.33. The Balaban J connectivity index is 1.98. The normalized spacial score (nSPS) is 19.3. The third-order valence-corrected chi connectivity index (χ3v) is 3.74. The highest BCUT2D eigenvalue weighted by Gasteiger charge is 2.20. The van der Waals surface area contributed by atoms with Gasteiger partial charge >= 0.3 is 0 Å². The van der Waals surface area contributed by atoms with Crippen LogP contribution in [0.4, 0.5) is 0 Å². The third-order valence-electron chi connectivity index (χ3n) is 3.74. The van der Waals surface area contributed by atoms with Crippen LogP contribution in [0.2, 0.25) is 0 Å². The van der Waals surface area contributed by atoms with Gasteiger partial charge in [-0.1, -0.05) is 19.1 Å². The summed E-state index contributed by atoms with van der Waals surface area (Å²) in [6, 6.07) is 8.72. The molecule has 1 unspecified atom stereocenters. The van der Waals surface area contributed by atoms with E-state index < -0.39 is 0 Å². The molecule has 0 spiro atoms. The summed E-state index contributed by atoms with van der Waals surface area (Å²) in [6.07, 6.45) is 6.22. The molecule has 1 aromatic heterocycles. The molecule has 1 aliphatic rings. The van der Waals surface area contributed by atoms with Crippen LogP contribution in [0.25, 0.3) is 5.69 Å². The predicted molar refractivity (Wildman–Crippen MR) is 73.2 cm³/mol. The van der Waals surface area contributed by atoms with Crippen LogP contribution in [0.3, 0.4) is 0 Å². The topological polar surface area (TPSA) is 29.9 Å². The first-order valence-corrected chi connectivity index (χ1v) is 6.70. The number of hydrogen-bond donors (Lipinski definition) is 1. The van der Waals surface area contributed by atoms with Gasteiger partial charge < -0.3 is 9.88 Å². The van der Waals surface area contributed by atoms with Crippen LogP contribution < -0.4 is 5.32 Å². The number of hydrogen-bond acceptors (Lipinski definition) is 2. The first-order valence-electron chi connectivity index (χ1n) is 6.70. The number of nitrogens with zero attached hydrogens (tertiary/aromatic N) is 2. The minimum atomic E-state index is 0.595. The molecule has 18 heavy (non-hydrogen) atoms. The number of nitrogens with one attached hydrogen (secondary N) is 1. The van der Waals surface area contributed by atoms with E-state index in [1.54, 1.807) is 0 Å². The van der Waals surface area contributed by atoms with Gasteiger partial charge in [-0.2, -0.15) is 0 Å². The van der Waals surface area contributed by atoms with Gasteiger partial charge in [0, 0.05) is 30.0 Å². The lowest BCUT2D eigenvalue weighted by molar-refractivity contribution is 0.713. The minimum Gasteiger partial charge on any atom is -0.316 e. The van der Waals surface area contributed by atoms with E-state index in [4.69, 9.17) is 0 Å². The van der Waals surface area contributed by atoms with Crippen molar-refractivity contribution in [1.82, 2.24) is 14.9 Å². The minimum absolute atomic E-state index is 0.595. The van der Waals surface area contributed by atoms with Gasteiger partial charge in [0.2, 0.25) is 0 Å². The highest BCUT2D eigenvalue weighted by Crippen LogP contribution is 2.24. The maximum atomic E-state index is 4.33. The molecule has 1 aromatic carbocycles. The zero-order valence-electron chi connectivity index (χ0n) is 10.8. The average Bonchev–Trinajstić information content (AvgIpc) is 3.09. The summed E-state index contributed by atoms with van der Waals surface area (Å²) in [5.74, 6) is 0.595. The number of rotatable bonds is 3. The van der Waals surface area contributed by atoms with Crippen molar-refractivity contribution in [3.8, 4) is 5.69 Å². The monoisotopic (exact) mass is 241 g/mol. The van der Waals surface area contributed by atoms with Crippen molar-refractivity contribution in [2.24, 2.45) is 0 Å². The van der Waals surface area contributed by atoms with Gasteiger partial charge in [-0.25, -0.2) is 4.98 Å². The molecule has 2 aromatic rings. The van der Waals surface area contributed by atoms with Gasteiger partial charge in [0.25, 0.3) is 0 Å². The summed E-state index contributed by atoms with van der Waals surface area (Å²) in [7, 11) is 0. The highest BCUT2D eigenvalue weighted by atomic mass is 15.1. The van der Waals surface area contributed by atoms with Gasteiger partial charge in [0.15, 0.2) is 0 Å². The Bertz CT molecular complexity index is 524. The molecule has 0 bridgehead atoms. The Morgan fingerprint density at radius 2 is 2.39 bits per heavy atom. The SMILES string of the molecule is CCc1cccc(-n2cncc2C2CCNC2)c1. The van der Waals surface area contributed by atoms with E-state index in [-0.39, 0.29) is 0 Å². The summed E-state index contributed by atoms with van der Waals surface area (Å²) in [6.45, 7) is 4.37. The van der Waals surface area contributed by atoms with E-state index in [1.165, 1.54) is 23.4 Å². The number of benzene rings is 1. The standard InChI is InChI=1S/C15H19N3/c1-2-12-4-3-5-14(8-12)18-11-17-10-15(18)13-6-7-16-9-13/h3-5,8,10-11,13,16H,2,6-7,9H2,1H3. The van der Waals surface area contributed by atoms with Crippen LogP contribution in [-0.4, -0.2) is 22.6 Å². The van der Waals surface area contributed by atoms with Gasteiger partial charge in [-0.15, -0.1) is 0 Å². The fourth-order valence-electron chi connectivity index (χ4n) is 2.66. The third kappa shape index (κ3) is 2.06. The van der Waals surface area contributed by atoms with Crippen LogP contribution >= 0.6 is 0 Å². The summed E-state index contributed by atoms with van der Waals surface area (Å²) in [4.78, 5) is 4.33. The van der Waals surface area contributed by atoms with Crippen LogP contribution in [0.1, 0.15) is 30.5 Å². The van der Waals surface area contributed by atoms with Crippen molar-refractivity contribution in [2.75, 3.05) is 13.1 Å². The van der Waals surface area contributed by atoms with Gasteiger partial charge in [0.05, 0.1) is 6.33 Å². The summed E-state index contributed by atoms with van der Waals surface area (Å²) >= 11 is 0. The van der Waals surface area contributed by atoms with Crippen molar-refractivity contribution < 1.29 is 0 Å². The van der Waals surface area contributed by atoms with E-state index >= 15 is 0 Å². The average molecular weight is 241 g/mol. The molecule has 3 nitrogen and oxygen atoms in total. The van der Waals surface area contributed by atoms with Crippen LogP contribution in [-0.2, 0) is 6.42 Å². The molecule has 0 radical (unpaired) electrons. The Hall–Kier alpha value is -1.61. The molecular weight excluding hydrogens is 222 g/mol. The Morgan fingerprint density at radius 1 is 1.44 bits per heavy atom. The van der Waals surface area contributed by atoms with E-state index in [1.807, 2.05) is 12.5 Å². The molecule has 1 aliphatic heterocycles. The first-order chi connectivity index (χ1) is 8.88. The molecular formula is C15H19N3. The quantitative estimate of drug-likeness (QED) is 0.895.